The number of nitrogens with zero attached hydrogens (tertiary/aromatic N) is 2. The minimum atomic E-state index is -3.40. The Hall–Kier alpha value is -2.17. The fourth-order valence-corrected chi connectivity index (χ4v) is 6.29. The third kappa shape index (κ3) is 4.35. The molecule has 0 spiro atoms. The normalized spacial score (nSPS) is 29.4. The molecule has 2 fully saturated rings. The van der Waals surface area contributed by atoms with Crippen molar-refractivity contribution in [1.82, 2.24) is 19.8 Å². The fourth-order valence-electron chi connectivity index (χ4n) is 5.47. The highest BCUT2D eigenvalue weighted by Gasteiger charge is 2.38. The molecule has 4 aliphatic rings. The van der Waals surface area contributed by atoms with Crippen LogP contribution in [0.3, 0.4) is 0 Å². The van der Waals surface area contributed by atoms with Crippen LogP contribution >= 0.6 is 0 Å². The number of H-pyrrole nitrogens is 1. The van der Waals surface area contributed by atoms with Gasteiger partial charge in [-0.3, -0.25) is 9.89 Å². The summed E-state index contributed by atoms with van der Waals surface area (Å²) in [5.74, 6) is 0.923. The molecular formula is C22H30N4O5S. The molecule has 1 aromatic carbocycles. The van der Waals surface area contributed by atoms with Gasteiger partial charge in [0.1, 0.15) is 5.75 Å². The second-order valence-corrected chi connectivity index (χ2v) is 11.0. The zero-order valence-electron chi connectivity index (χ0n) is 18.2. The summed E-state index contributed by atoms with van der Waals surface area (Å²) in [6.45, 7) is 0.789. The van der Waals surface area contributed by atoms with Crippen LogP contribution in [-0.4, -0.2) is 73.6 Å². The number of amides is 1. The van der Waals surface area contributed by atoms with Gasteiger partial charge in [0, 0.05) is 12.6 Å². The van der Waals surface area contributed by atoms with Crippen molar-refractivity contribution in [3.05, 3.63) is 23.9 Å². The first kappa shape index (κ1) is 21.7. The quantitative estimate of drug-likeness (QED) is 0.705. The predicted molar refractivity (Wildman–Crippen MR) is 119 cm³/mol. The SMILES string of the molecule is CS(=O)(=O)N[C@H]1CCCN2C(=O)COc3c(ccc4[nH]ncc34)C3CCC(CC3)OCC12. The smallest absolute Gasteiger partial charge is 0.260 e. The number of nitrogens with one attached hydrogen (secondary N) is 2. The molecule has 2 bridgehead atoms. The highest BCUT2D eigenvalue weighted by atomic mass is 32.2. The molecule has 1 aromatic heterocycles. The van der Waals surface area contributed by atoms with Crippen molar-refractivity contribution in [2.24, 2.45) is 0 Å². The summed E-state index contributed by atoms with van der Waals surface area (Å²) in [6.07, 6.45) is 8.26. The van der Waals surface area contributed by atoms with Gasteiger partial charge in [0.25, 0.3) is 5.91 Å². The van der Waals surface area contributed by atoms with Crippen molar-refractivity contribution < 1.29 is 22.7 Å². The molecule has 1 saturated carbocycles. The molecule has 3 aliphatic heterocycles. The molecule has 4 heterocycles. The van der Waals surface area contributed by atoms with Crippen molar-refractivity contribution in [2.75, 3.05) is 26.0 Å². The molecule has 9 nitrogen and oxygen atoms in total. The molecule has 6 rings (SSSR count). The van der Waals surface area contributed by atoms with Crippen molar-refractivity contribution in [3.8, 4) is 5.75 Å². The van der Waals surface area contributed by atoms with Gasteiger partial charge in [-0.05, 0) is 56.1 Å². The van der Waals surface area contributed by atoms with Crippen LogP contribution in [0, 0.1) is 0 Å². The number of rotatable bonds is 2. The first-order chi connectivity index (χ1) is 15.4. The highest BCUT2D eigenvalue weighted by Crippen LogP contribution is 2.41. The van der Waals surface area contributed by atoms with Crippen molar-refractivity contribution in [1.29, 1.82) is 0 Å². The van der Waals surface area contributed by atoms with E-state index >= 15 is 0 Å². The van der Waals surface area contributed by atoms with Crippen LogP contribution < -0.4 is 9.46 Å². The number of sulfonamides is 1. The number of carbonyl (C=O) groups is 1. The predicted octanol–water partition coefficient (Wildman–Crippen LogP) is 1.91. The van der Waals surface area contributed by atoms with Gasteiger partial charge < -0.3 is 14.4 Å². The molecule has 1 amide bonds. The molecule has 1 unspecified atom stereocenters. The summed E-state index contributed by atoms with van der Waals surface area (Å²) in [7, 11) is -3.40. The highest BCUT2D eigenvalue weighted by molar-refractivity contribution is 7.88. The van der Waals surface area contributed by atoms with E-state index in [1.165, 1.54) is 0 Å². The topological polar surface area (TPSA) is 114 Å². The number of aromatic nitrogens is 2. The summed E-state index contributed by atoms with van der Waals surface area (Å²) in [6, 6.07) is 3.39. The number of fused-ring (bicyclic) bond motifs is 6. The van der Waals surface area contributed by atoms with Gasteiger partial charge in [0.15, 0.2) is 6.61 Å². The van der Waals surface area contributed by atoms with Crippen LogP contribution in [0.4, 0.5) is 0 Å². The minimum Gasteiger partial charge on any atom is -0.483 e. The molecule has 0 radical (unpaired) electrons. The van der Waals surface area contributed by atoms with Crippen LogP contribution in [0.1, 0.15) is 50.0 Å². The lowest BCUT2D eigenvalue weighted by Gasteiger charge is -2.41. The monoisotopic (exact) mass is 462 g/mol. The number of carbonyl (C=O) groups excluding carboxylic acids is 1. The lowest BCUT2D eigenvalue weighted by atomic mass is 9.82. The van der Waals surface area contributed by atoms with Gasteiger partial charge in [-0.2, -0.15) is 5.10 Å². The number of benzene rings is 1. The lowest BCUT2D eigenvalue weighted by Crippen LogP contribution is -2.59. The Labute approximate surface area is 187 Å². The molecule has 2 aromatic rings. The van der Waals surface area contributed by atoms with Crippen molar-refractivity contribution in [2.45, 2.75) is 62.6 Å². The molecule has 1 aliphatic carbocycles. The van der Waals surface area contributed by atoms with E-state index in [9.17, 15) is 13.2 Å². The third-order valence-electron chi connectivity index (χ3n) is 7.03. The van der Waals surface area contributed by atoms with Crippen molar-refractivity contribution >= 4 is 26.8 Å². The standard InChI is InChI=1S/C22H30N4O5S/c1-32(28,29)25-19-3-2-10-26-20(19)12-30-15-6-4-14(5-7-15)16-8-9-18-17(11-23-24-18)22(16)31-13-21(26)27/h8-9,11,14-15,19-20,25H,2-7,10,12-13H2,1H3,(H,23,24)/t14?,15?,19-,20?/m0/s1. The number of hydrogen-bond acceptors (Lipinski definition) is 6. The van der Waals surface area contributed by atoms with E-state index < -0.39 is 10.0 Å². The Balaban J connectivity index is 1.49. The van der Waals surface area contributed by atoms with Gasteiger partial charge in [-0.25, -0.2) is 13.1 Å². The van der Waals surface area contributed by atoms with Crippen LogP contribution in [0.25, 0.3) is 10.9 Å². The van der Waals surface area contributed by atoms with E-state index in [-0.39, 0.29) is 30.7 Å². The third-order valence-corrected chi connectivity index (χ3v) is 7.76. The number of piperidine rings is 1. The van der Waals surface area contributed by atoms with Crippen molar-refractivity contribution in [3.63, 3.8) is 0 Å². The Kier molecular flexibility index (Phi) is 5.85. The summed E-state index contributed by atoms with van der Waals surface area (Å²) in [5, 5.41) is 8.02. The zero-order chi connectivity index (χ0) is 22.3. The number of ether oxygens (including phenoxy) is 2. The average Bonchev–Trinajstić information content (AvgIpc) is 3.24. The maximum atomic E-state index is 13.3. The molecule has 2 N–H and O–H groups in total. The Morgan fingerprint density at radius 2 is 2.00 bits per heavy atom. The summed E-state index contributed by atoms with van der Waals surface area (Å²) >= 11 is 0. The van der Waals surface area contributed by atoms with Crippen LogP contribution in [-0.2, 0) is 19.6 Å². The zero-order valence-corrected chi connectivity index (χ0v) is 19.1. The van der Waals surface area contributed by atoms with Crippen LogP contribution in [0.2, 0.25) is 0 Å². The van der Waals surface area contributed by atoms with Crippen LogP contribution in [0.5, 0.6) is 5.75 Å². The van der Waals surface area contributed by atoms with Gasteiger partial charge in [0.05, 0.1) is 42.1 Å². The average molecular weight is 463 g/mol. The Morgan fingerprint density at radius 1 is 1.19 bits per heavy atom. The van der Waals surface area contributed by atoms with E-state index in [0.717, 1.165) is 60.6 Å². The minimum absolute atomic E-state index is 0.102. The molecule has 2 atom stereocenters. The fraction of sp³-hybridized carbons (Fsp3) is 0.636. The molecule has 1 saturated heterocycles. The first-order valence-electron chi connectivity index (χ1n) is 11.4. The molecular weight excluding hydrogens is 432 g/mol. The van der Waals surface area contributed by atoms with E-state index in [1.807, 2.05) is 6.07 Å². The molecule has 10 heteroatoms. The van der Waals surface area contributed by atoms with E-state index in [1.54, 1.807) is 11.1 Å². The first-order valence-corrected chi connectivity index (χ1v) is 13.3. The number of aromatic amines is 1. The van der Waals surface area contributed by atoms with Gasteiger partial charge in [-0.15, -0.1) is 0 Å². The number of hydrogen-bond donors (Lipinski definition) is 2. The second kappa shape index (κ2) is 8.64. The van der Waals surface area contributed by atoms with E-state index in [4.69, 9.17) is 9.47 Å². The molecule has 174 valence electrons. The van der Waals surface area contributed by atoms with E-state index in [0.29, 0.717) is 25.5 Å². The maximum Gasteiger partial charge on any atom is 0.260 e. The lowest BCUT2D eigenvalue weighted by molar-refractivity contribution is -0.140. The van der Waals surface area contributed by atoms with E-state index in [2.05, 4.69) is 21.0 Å². The second-order valence-electron chi connectivity index (χ2n) is 9.20. The van der Waals surface area contributed by atoms with Crippen LogP contribution in [0.15, 0.2) is 18.3 Å². The molecule has 32 heavy (non-hydrogen) atoms. The summed E-state index contributed by atoms with van der Waals surface area (Å²) < 4.78 is 39.1. The Bertz CT molecular complexity index is 1090. The Morgan fingerprint density at radius 3 is 2.78 bits per heavy atom. The van der Waals surface area contributed by atoms with Gasteiger partial charge in [0.2, 0.25) is 10.0 Å². The van der Waals surface area contributed by atoms with Gasteiger partial charge in [-0.1, -0.05) is 6.07 Å². The largest absolute Gasteiger partial charge is 0.483 e. The summed E-state index contributed by atoms with van der Waals surface area (Å²) in [4.78, 5) is 15.0. The van der Waals surface area contributed by atoms with Gasteiger partial charge >= 0.3 is 0 Å². The summed E-state index contributed by atoms with van der Waals surface area (Å²) in [5.41, 5.74) is 2.00. The maximum absolute atomic E-state index is 13.3.